The molecule has 2 aromatic rings. The van der Waals surface area contributed by atoms with Crippen LogP contribution in [0.25, 0.3) is 0 Å². The molecule has 0 aliphatic heterocycles. The van der Waals surface area contributed by atoms with Gasteiger partial charge in [0.05, 0.1) is 7.11 Å². The minimum atomic E-state index is -2.90. The third-order valence-electron chi connectivity index (χ3n) is 4.03. The molecule has 1 heterocycles. The second kappa shape index (κ2) is 13.1. The highest BCUT2D eigenvalue weighted by atomic mass is 127. The van der Waals surface area contributed by atoms with Crippen LogP contribution >= 0.6 is 24.0 Å². The maximum absolute atomic E-state index is 12.5. The van der Waals surface area contributed by atoms with E-state index in [1.807, 2.05) is 17.6 Å². The van der Waals surface area contributed by atoms with Crippen molar-refractivity contribution in [2.75, 3.05) is 27.2 Å². The summed E-state index contributed by atoms with van der Waals surface area (Å²) >= 11 is 0. The number of benzene rings is 1. The minimum Gasteiger partial charge on any atom is -0.493 e. The summed E-state index contributed by atoms with van der Waals surface area (Å²) in [5.41, 5.74) is 0.844. The van der Waals surface area contributed by atoms with Crippen molar-refractivity contribution in [2.24, 2.45) is 4.99 Å². The number of alkyl halides is 2. The van der Waals surface area contributed by atoms with E-state index in [4.69, 9.17) is 4.74 Å². The minimum absolute atomic E-state index is 0. The summed E-state index contributed by atoms with van der Waals surface area (Å²) in [7, 11) is 3.10. The number of hydrogen-bond acceptors (Lipinski definition) is 5. The highest BCUT2D eigenvalue weighted by molar-refractivity contribution is 14.0. The predicted octanol–water partition coefficient (Wildman–Crippen LogP) is 2.48. The number of rotatable bonds is 10. The van der Waals surface area contributed by atoms with Crippen LogP contribution in [0.4, 0.5) is 8.78 Å². The Labute approximate surface area is 186 Å². The number of nitrogens with zero attached hydrogens (tertiary/aromatic N) is 4. The van der Waals surface area contributed by atoms with Gasteiger partial charge in [-0.1, -0.05) is 13.0 Å². The van der Waals surface area contributed by atoms with E-state index in [0.29, 0.717) is 25.5 Å². The van der Waals surface area contributed by atoms with Crippen LogP contribution < -0.4 is 20.1 Å². The van der Waals surface area contributed by atoms with Crippen LogP contribution in [0.2, 0.25) is 0 Å². The van der Waals surface area contributed by atoms with E-state index >= 15 is 0 Å². The zero-order chi connectivity index (χ0) is 20.4. The van der Waals surface area contributed by atoms with Crippen LogP contribution in [0.1, 0.15) is 18.3 Å². The zero-order valence-corrected chi connectivity index (χ0v) is 19.0. The fraction of sp³-hybridized carbons (Fsp3) is 0.500. The highest BCUT2D eigenvalue weighted by Gasteiger charge is 2.11. The van der Waals surface area contributed by atoms with E-state index in [1.54, 1.807) is 25.5 Å². The largest absolute Gasteiger partial charge is 0.493 e. The predicted molar refractivity (Wildman–Crippen MR) is 118 cm³/mol. The number of aromatic nitrogens is 3. The SMILES string of the molecule is CCc1nncn1CCNC(=NC)NCCc1ccc(OC)c(OC(F)F)c1.I. The quantitative estimate of drug-likeness (QED) is 0.282. The maximum atomic E-state index is 12.5. The summed E-state index contributed by atoms with van der Waals surface area (Å²) in [6.07, 6.45) is 3.14. The number of ether oxygens (including phenoxy) is 2. The van der Waals surface area contributed by atoms with Gasteiger partial charge in [0.2, 0.25) is 0 Å². The Morgan fingerprint density at radius 3 is 2.66 bits per heavy atom. The van der Waals surface area contributed by atoms with Crippen LogP contribution in [0.5, 0.6) is 11.5 Å². The lowest BCUT2D eigenvalue weighted by atomic mass is 10.1. The van der Waals surface area contributed by atoms with Crippen LogP contribution in [0.15, 0.2) is 29.5 Å². The summed E-state index contributed by atoms with van der Waals surface area (Å²) in [6, 6.07) is 4.99. The first-order chi connectivity index (χ1) is 13.6. The normalized spacial score (nSPS) is 11.2. The second-order valence-corrected chi connectivity index (χ2v) is 5.83. The average molecular weight is 524 g/mol. The number of halogens is 3. The van der Waals surface area contributed by atoms with Crippen molar-refractivity contribution in [1.29, 1.82) is 0 Å². The molecule has 162 valence electrons. The summed E-state index contributed by atoms with van der Waals surface area (Å²) in [5, 5.41) is 14.4. The van der Waals surface area contributed by atoms with Crippen molar-refractivity contribution in [3.8, 4) is 11.5 Å². The van der Waals surface area contributed by atoms with Crippen molar-refractivity contribution in [1.82, 2.24) is 25.4 Å². The smallest absolute Gasteiger partial charge is 0.387 e. The number of hydrogen-bond donors (Lipinski definition) is 2. The molecule has 1 aromatic heterocycles. The molecule has 0 saturated carbocycles. The molecule has 0 unspecified atom stereocenters. The Hall–Kier alpha value is -2.18. The molecule has 2 rings (SSSR count). The molecule has 0 radical (unpaired) electrons. The van der Waals surface area contributed by atoms with Gasteiger partial charge in [-0.15, -0.1) is 34.2 Å². The van der Waals surface area contributed by atoms with Crippen LogP contribution in [-0.2, 0) is 19.4 Å². The third-order valence-corrected chi connectivity index (χ3v) is 4.03. The van der Waals surface area contributed by atoms with Gasteiger partial charge in [-0.05, 0) is 24.1 Å². The first-order valence-electron chi connectivity index (χ1n) is 9.00. The van der Waals surface area contributed by atoms with E-state index in [0.717, 1.165) is 24.4 Å². The number of aryl methyl sites for hydroxylation is 1. The summed E-state index contributed by atoms with van der Waals surface area (Å²) in [5.74, 6) is 1.89. The fourth-order valence-corrected chi connectivity index (χ4v) is 2.64. The molecule has 1 aromatic carbocycles. The monoisotopic (exact) mass is 524 g/mol. The molecule has 0 aliphatic rings. The van der Waals surface area contributed by atoms with Gasteiger partial charge in [0.25, 0.3) is 0 Å². The molecule has 0 atom stereocenters. The Bertz CT molecular complexity index is 773. The lowest BCUT2D eigenvalue weighted by Crippen LogP contribution is -2.39. The van der Waals surface area contributed by atoms with Crippen LogP contribution in [-0.4, -0.2) is 54.6 Å². The highest BCUT2D eigenvalue weighted by Crippen LogP contribution is 2.29. The molecule has 0 saturated heterocycles. The molecule has 29 heavy (non-hydrogen) atoms. The molecule has 8 nitrogen and oxygen atoms in total. The standard InChI is InChI=1S/C18H26F2N6O2.HI/c1-4-16-25-24-12-26(16)10-9-23-18(21-2)22-8-7-13-5-6-14(27-3)15(11-13)28-17(19)20;/h5-6,11-12,17H,4,7-10H2,1-3H3,(H2,21,22,23);1H. The number of nitrogens with one attached hydrogen (secondary N) is 2. The molecule has 0 amide bonds. The topological polar surface area (TPSA) is 85.6 Å². The van der Waals surface area contributed by atoms with Crippen molar-refractivity contribution in [3.05, 3.63) is 35.9 Å². The van der Waals surface area contributed by atoms with Crippen molar-refractivity contribution in [3.63, 3.8) is 0 Å². The molecular formula is C18H27F2IN6O2. The Morgan fingerprint density at radius 1 is 1.24 bits per heavy atom. The molecular weight excluding hydrogens is 497 g/mol. The van der Waals surface area contributed by atoms with E-state index in [-0.39, 0.29) is 35.5 Å². The molecule has 0 spiro atoms. The lowest BCUT2D eigenvalue weighted by Gasteiger charge is -2.14. The van der Waals surface area contributed by atoms with E-state index in [9.17, 15) is 8.78 Å². The molecule has 11 heteroatoms. The Balaban J connectivity index is 0.00000420. The van der Waals surface area contributed by atoms with Gasteiger partial charge < -0.3 is 24.7 Å². The van der Waals surface area contributed by atoms with Gasteiger partial charge in [0.1, 0.15) is 12.2 Å². The lowest BCUT2D eigenvalue weighted by molar-refractivity contribution is -0.0512. The zero-order valence-electron chi connectivity index (χ0n) is 16.7. The number of methoxy groups -OCH3 is 1. The molecule has 2 N–H and O–H groups in total. The van der Waals surface area contributed by atoms with Crippen molar-refractivity contribution >= 4 is 29.9 Å². The van der Waals surface area contributed by atoms with Gasteiger partial charge in [-0.2, -0.15) is 8.78 Å². The second-order valence-electron chi connectivity index (χ2n) is 5.83. The van der Waals surface area contributed by atoms with Crippen LogP contribution in [0.3, 0.4) is 0 Å². The molecule has 0 bridgehead atoms. The van der Waals surface area contributed by atoms with Gasteiger partial charge in [0, 0.05) is 33.1 Å². The number of aliphatic imine (C=N–C) groups is 1. The summed E-state index contributed by atoms with van der Waals surface area (Å²) < 4.78 is 36.6. The van der Waals surface area contributed by atoms with Gasteiger partial charge in [0.15, 0.2) is 17.5 Å². The maximum Gasteiger partial charge on any atom is 0.387 e. The first kappa shape index (κ1) is 24.9. The summed E-state index contributed by atoms with van der Waals surface area (Å²) in [4.78, 5) is 4.18. The Kier molecular flexibility index (Phi) is 11.2. The summed E-state index contributed by atoms with van der Waals surface area (Å²) in [6.45, 7) is 1.10. The van der Waals surface area contributed by atoms with Crippen molar-refractivity contribution in [2.45, 2.75) is 32.9 Å². The fourth-order valence-electron chi connectivity index (χ4n) is 2.64. The average Bonchev–Trinajstić information content (AvgIpc) is 3.14. The van der Waals surface area contributed by atoms with Crippen molar-refractivity contribution < 1.29 is 18.3 Å². The van der Waals surface area contributed by atoms with E-state index < -0.39 is 6.61 Å². The van der Waals surface area contributed by atoms with Gasteiger partial charge in [-0.25, -0.2) is 0 Å². The van der Waals surface area contributed by atoms with E-state index in [2.05, 4.69) is 30.6 Å². The third kappa shape index (κ3) is 7.99. The molecule has 0 aliphatic carbocycles. The number of guanidine groups is 1. The Morgan fingerprint density at radius 2 is 2.00 bits per heavy atom. The molecule has 0 fully saturated rings. The first-order valence-corrected chi connectivity index (χ1v) is 9.00. The van der Waals surface area contributed by atoms with Gasteiger partial charge in [-0.3, -0.25) is 4.99 Å². The van der Waals surface area contributed by atoms with Gasteiger partial charge >= 0.3 is 6.61 Å². The van der Waals surface area contributed by atoms with E-state index in [1.165, 1.54) is 7.11 Å². The van der Waals surface area contributed by atoms with Crippen LogP contribution in [0, 0.1) is 0 Å².